The summed E-state index contributed by atoms with van der Waals surface area (Å²) in [6, 6.07) is 5.66. The highest BCUT2D eigenvalue weighted by Crippen LogP contribution is 2.38. The lowest BCUT2D eigenvalue weighted by Gasteiger charge is -2.21. The first-order valence-electron chi connectivity index (χ1n) is 9.88. The Morgan fingerprint density at radius 2 is 1.83 bits per heavy atom. The maximum Gasteiger partial charge on any atom is 0.419 e. The summed E-state index contributed by atoms with van der Waals surface area (Å²) in [5.74, 6) is -2.59. The summed E-state index contributed by atoms with van der Waals surface area (Å²) in [6.07, 6.45) is -4.07. The molecule has 0 aliphatic carbocycles. The van der Waals surface area contributed by atoms with Crippen LogP contribution in [0.25, 0.3) is 16.8 Å². The van der Waals surface area contributed by atoms with Crippen molar-refractivity contribution >= 4 is 28.7 Å². The van der Waals surface area contributed by atoms with Gasteiger partial charge in [-0.1, -0.05) is 23.7 Å². The van der Waals surface area contributed by atoms with E-state index in [1.54, 1.807) is 0 Å². The molecule has 0 saturated heterocycles. The molecule has 1 atom stereocenters. The van der Waals surface area contributed by atoms with Crippen LogP contribution in [-0.2, 0) is 13.2 Å². The molecule has 0 amide bonds. The van der Waals surface area contributed by atoms with E-state index in [1.807, 2.05) is 0 Å². The summed E-state index contributed by atoms with van der Waals surface area (Å²) < 4.78 is 47.5. The first kappa shape index (κ1) is 24.1. The van der Waals surface area contributed by atoms with Crippen LogP contribution < -0.4 is 22.1 Å². The van der Waals surface area contributed by atoms with Crippen molar-refractivity contribution in [2.45, 2.75) is 19.1 Å². The summed E-state index contributed by atoms with van der Waals surface area (Å²) in [7, 11) is 1.45. The van der Waals surface area contributed by atoms with E-state index in [0.29, 0.717) is 10.1 Å². The number of nitrogens with zero attached hydrogens (tertiary/aromatic N) is 3. The zero-order chi connectivity index (χ0) is 25.8. The topological polar surface area (TPSA) is 119 Å². The number of benzene rings is 2. The van der Waals surface area contributed by atoms with E-state index in [1.165, 1.54) is 42.8 Å². The highest BCUT2D eigenvalue weighted by molar-refractivity contribution is 6.32. The Morgan fingerprint density at radius 1 is 1.14 bits per heavy atom. The molecule has 1 unspecified atom stereocenters. The van der Waals surface area contributed by atoms with Gasteiger partial charge < -0.3 is 14.3 Å². The zero-order valence-electron chi connectivity index (χ0n) is 17.9. The van der Waals surface area contributed by atoms with Crippen molar-refractivity contribution in [1.29, 1.82) is 0 Å². The number of hydrogen-bond donors (Lipinski definition) is 0. The maximum absolute atomic E-state index is 13.3. The highest BCUT2D eigenvalue weighted by atomic mass is 35.5. The van der Waals surface area contributed by atoms with Crippen molar-refractivity contribution < 1.29 is 27.5 Å². The van der Waals surface area contributed by atoms with Crippen molar-refractivity contribution in [3.8, 4) is 5.69 Å². The molecular weight excluding hydrogens is 495 g/mol. The van der Waals surface area contributed by atoms with Crippen LogP contribution in [0.2, 0.25) is 5.02 Å². The minimum Gasteiger partial charge on any atom is -0.545 e. The quantitative estimate of drug-likeness (QED) is 0.416. The Morgan fingerprint density at radius 3 is 2.46 bits per heavy atom. The molecule has 2 heterocycles. The van der Waals surface area contributed by atoms with Crippen LogP contribution in [0.1, 0.15) is 34.5 Å². The SMILES string of the molecule is CC(c1cccc(C(F)(F)F)c1Cl)n1c(=O)c(C(=O)[O-])cn(-c2ccc3c(c2)oc(=O)n3C)c1=O. The molecule has 4 rings (SSSR count). The number of fused-ring (bicyclic) bond motifs is 1. The number of halogens is 4. The average Bonchev–Trinajstić information content (AvgIpc) is 3.05. The van der Waals surface area contributed by atoms with Crippen molar-refractivity contribution in [3.63, 3.8) is 0 Å². The molecule has 0 saturated carbocycles. The summed E-state index contributed by atoms with van der Waals surface area (Å²) >= 11 is 5.97. The number of hydrogen-bond acceptors (Lipinski definition) is 6. The lowest BCUT2D eigenvalue weighted by molar-refractivity contribution is -0.255. The minimum absolute atomic E-state index is 0.0236. The molecule has 0 radical (unpaired) electrons. The standard InChI is InChI=1S/C22H15ClF3N3O6/c1-10(12-4-3-5-14(17(12)23)22(24,25)26)29-18(30)13(19(31)32)9-28(20(29)33)11-6-7-15-16(8-11)35-21(34)27(15)2/h3-10H,1-2H3,(H,31,32)/p-1. The molecule has 2 aromatic heterocycles. The molecule has 0 fully saturated rings. The van der Waals surface area contributed by atoms with Gasteiger partial charge >= 0.3 is 17.6 Å². The number of carboxylic acid groups (broad SMARTS) is 1. The van der Waals surface area contributed by atoms with Gasteiger partial charge in [0.25, 0.3) is 5.56 Å². The fourth-order valence-electron chi connectivity index (χ4n) is 3.74. The van der Waals surface area contributed by atoms with E-state index in [9.17, 15) is 37.5 Å². The normalized spacial score (nSPS) is 12.7. The average molecular weight is 509 g/mol. The summed E-state index contributed by atoms with van der Waals surface area (Å²) in [5, 5.41) is 10.9. The molecule has 0 spiro atoms. The largest absolute Gasteiger partial charge is 0.545 e. The van der Waals surface area contributed by atoms with Crippen LogP contribution in [0.4, 0.5) is 13.2 Å². The van der Waals surface area contributed by atoms with Crippen LogP contribution >= 0.6 is 11.6 Å². The smallest absolute Gasteiger partial charge is 0.419 e. The van der Waals surface area contributed by atoms with Crippen LogP contribution in [0, 0.1) is 0 Å². The van der Waals surface area contributed by atoms with Gasteiger partial charge in [-0.3, -0.25) is 18.5 Å². The number of carbonyl (C=O) groups excluding carboxylic acids is 1. The first-order valence-corrected chi connectivity index (χ1v) is 10.3. The Labute approximate surface area is 197 Å². The second-order valence-corrected chi connectivity index (χ2v) is 8.00. The fraction of sp³-hybridized carbons (Fsp3) is 0.182. The Kier molecular flexibility index (Phi) is 5.71. The molecule has 182 valence electrons. The fourth-order valence-corrected chi connectivity index (χ4v) is 4.13. The number of aromatic carboxylic acids is 1. The van der Waals surface area contributed by atoms with Gasteiger partial charge in [0.05, 0.1) is 39.4 Å². The summed E-state index contributed by atoms with van der Waals surface area (Å²) in [5.41, 5.74) is -4.22. The molecule has 35 heavy (non-hydrogen) atoms. The lowest BCUT2D eigenvalue weighted by atomic mass is 10.0. The Hall–Kier alpha value is -4.06. The number of aromatic nitrogens is 3. The van der Waals surface area contributed by atoms with Gasteiger partial charge in [0.2, 0.25) is 0 Å². The third-order valence-electron chi connectivity index (χ3n) is 5.56. The van der Waals surface area contributed by atoms with E-state index in [4.69, 9.17) is 16.0 Å². The molecule has 0 N–H and O–H groups in total. The molecule has 0 aliphatic heterocycles. The zero-order valence-corrected chi connectivity index (χ0v) is 18.7. The monoisotopic (exact) mass is 508 g/mol. The molecule has 0 bridgehead atoms. The first-order chi connectivity index (χ1) is 16.3. The number of alkyl halides is 3. The van der Waals surface area contributed by atoms with Gasteiger partial charge in [-0.05, 0) is 30.7 Å². The molecule has 4 aromatic rings. The van der Waals surface area contributed by atoms with E-state index >= 15 is 0 Å². The van der Waals surface area contributed by atoms with Crippen LogP contribution in [0.5, 0.6) is 0 Å². The molecular formula is C22H14ClF3N3O6-. The van der Waals surface area contributed by atoms with Gasteiger partial charge in [-0.25, -0.2) is 9.59 Å². The van der Waals surface area contributed by atoms with Gasteiger partial charge in [-0.2, -0.15) is 13.2 Å². The number of oxazole rings is 1. The second-order valence-electron chi connectivity index (χ2n) is 7.62. The summed E-state index contributed by atoms with van der Waals surface area (Å²) in [4.78, 5) is 49.7. The van der Waals surface area contributed by atoms with E-state index in [0.717, 1.165) is 22.9 Å². The minimum atomic E-state index is -4.81. The van der Waals surface area contributed by atoms with Crippen molar-refractivity contribution in [1.82, 2.24) is 13.7 Å². The van der Waals surface area contributed by atoms with Crippen LogP contribution in [0.3, 0.4) is 0 Å². The van der Waals surface area contributed by atoms with Crippen molar-refractivity contribution in [2.24, 2.45) is 7.05 Å². The Balaban J connectivity index is 1.99. The van der Waals surface area contributed by atoms with Crippen molar-refractivity contribution in [3.05, 3.63) is 95.7 Å². The van der Waals surface area contributed by atoms with Gasteiger partial charge in [0, 0.05) is 19.3 Å². The number of aryl methyl sites for hydroxylation is 1. The molecule has 13 heteroatoms. The third kappa shape index (κ3) is 3.95. The van der Waals surface area contributed by atoms with Gasteiger partial charge in [0.15, 0.2) is 5.58 Å². The second kappa shape index (κ2) is 8.31. The van der Waals surface area contributed by atoms with Crippen molar-refractivity contribution in [2.75, 3.05) is 0 Å². The van der Waals surface area contributed by atoms with Crippen LogP contribution in [-0.4, -0.2) is 19.7 Å². The van der Waals surface area contributed by atoms with E-state index in [-0.39, 0.29) is 16.8 Å². The predicted octanol–water partition coefficient (Wildman–Crippen LogP) is 2.09. The number of carbonyl (C=O) groups is 1. The molecule has 9 nitrogen and oxygen atoms in total. The van der Waals surface area contributed by atoms with E-state index < -0.39 is 51.3 Å². The molecule has 0 aliphatic rings. The Bertz CT molecular complexity index is 1680. The number of carboxylic acids is 1. The number of rotatable bonds is 4. The lowest BCUT2D eigenvalue weighted by Crippen LogP contribution is -2.45. The van der Waals surface area contributed by atoms with Gasteiger partial charge in [0.1, 0.15) is 0 Å². The van der Waals surface area contributed by atoms with Gasteiger partial charge in [-0.15, -0.1) is 0 Å². The maximum atomic E-state index is 13.3. The molecule has 2 aromatic carbocycles. The summed E-state index contributed by atoms with van der Waals surface area (Å²) in [6.45, 7) is 1.23. The van der Waals surface area contributed by atoms with Crippen LogP contribution in [0.15, 0.2) is 61.4 Å². The highest BCUT2D eigenvalue weighted by Gasteiger charge is 2.35. The third-order valence-corrected chi connectivity index (χ3v) is 5.99. The van der Waals surface area contributed by atoms with E-state index in [2.05, 4.69) is 0 Å². The predicted molar refractivity (Wildman–Crippen MR) is 116 cm³/mol.